The van der Waals surface area contributed by atoms with Crippen molar-refractivity contribution in [3.63, 3.8) is 0 Å². The topological polar surface area (TPSA) is 72.5 Å². The number of aromatic nitrogens is 1. The Labute approximate surface area is 170 Å². The van der Waals surface area contributed by atoms with Crippen molar-refractivity contribution < 1.29 is 17.9 Å². The Kier molecular flexibility index (Phi) is 6.71. The molecular weight excluding hydrogens is 401 g/mol. The highest BCUT2D eigenvalue weighted by molar-refractivity contribution is 7.09. The number of aryl methyl sites for hydroxylation is 2. The van der Waals surface area contributed by atoms with Crippen molar-refractivity contribution in [1.82, 2.24) is 4.98 Å². The summed E-state index contributed by atoms with van der Waals surface area (Å²) in [5, 5.41) is 5.80. The van der Waals surface area contributed by atoms with Gasteiger partial charge in [0.15, 0.2) is 5.96 Å². The highest BCUT2D eigenvalue weighted by Gasteiger charge is 2.30. The second kappa shape index (κ2) is 9.42. The predicted molar refractivity (Wildman–Crippen MR) is 108 cm³/mol. The fourth-order valence-electron chi connectivity index (χ4n) is 2.53. The third-order valence-electron chi connectivity index (χ3n) is 3.84. The minimum Gasteiger partial charge on any atom is -0.406 e. The van der Waals surface area contributed by atoms with Gasteiger partial charge >= 0.3 is 6.36 Å². The van der Waals surface area contributed by atoms with Crippen molar-refractivity contribution in [2.75, 3.05) is 5.32 Å². The molecule has 0 aliphatic heterocycles. The first kappa shape index (κ1) is 20.7. The summed E-state index contributed by atoms with van der Waals surface area (Å²) < 4.78 is 40.3. The van der Waals surface area contributed by atoms with Crippen LogP contribution in [0.25, 0.3) is 0 Å². The third-order valence-corrected chi connectivity index (χ3v) is 4.80. The van der Waals surface area contributed by atoms with Gasteiger partial charge in [-0.2, -0.15) is 0 Å². The summed E-state index contributed by atoms with van der Waals surface area (Å²) in [5.41, 5.74) is 8.42. The Morgan fingerprint density at radius 3 is 2.48 bits per heavy atom. The maximum atomic E-state index is 12.2. The lowest BCUT2D eigenvalue weighted by Crippen LogP contribution is -2.22. The van der Waals surface area contributed by atoms with Gasteiger partial charge in [0.05, 0.1) is 17.2 Å². The molecule has 29 heavy (non-hydrogen) atoms. The van der Waals surface area contributed by atoms with Gasteiger partial charge in [-0.15, -0.1) is 24.5 Å². The molecule has 0 bridgehead atoms. The summed E-state index contributed by atoms with van der Waals surface area (Å²) in [6.07, 6.45) is -2.93. The van der Waals surface area contributed by atoms with E-state index in [1.807, 2.05) is 23.6 Å². The van der Waals surface area contributed by atoms with Gasteiger partial charge in [-0.05, 0) is 36.2 Å². The van der Waals surface area contributed by atoms with Gasteiger partial charge in [0.2, 0.25) is 0 Å². The van der Waals surface area contributed by atoms with Crippen molar-refractivity contribution in [2.24, 2.45) is 10.7 Å². The molecule has 0 unspecified atom stereocenters. The van der Waals surface area contributed by atoms with Crippen LogP contribution in [0.1, 0.15) is 16.3 Å². The van der Waals surface area contributed by atoms with E-state index in [2.05, 4.69) is 32.2 Å². The lowest BCUT2D eigenvalue weighted by molar-refractivity contribution is -0.274. The van der Waals surface area contributed by atoms with Crippen LogP contribution >= 0.6 is 11.3 Å². The average molecular weight is 420 g/mol. The Hall–Kier alpha value is -3.07. The molecule has 3 rings (SSSR count). The summed E-state index contributed by atoms with van der Waals surface area (Å²) in [6.45, 7) is 0.315. The molecule has 5 nitrogen and oxygen atoms in total. The molecule has 0 radical (unpaired) electrons. The third kappa shape index (κ3) is 7.11. The first-order valence-corrected chi connectivity index (χ1v) is 9.65. The fraction of sp³-hybridized carbons (Fsp3) is 0.200. The van der Waals surface area contributed by atoms with E-state index in [0.29, 0.717) is 12.2 Å². The molecule has 0 atom stereocenters. The Morgan fingerprint density at radius 1 is 1.07 bits per heavy atom. The zero-order chi connectivity index (χ0) is 20.7. The second-order valence-electron chi connectivity index (χ2n) is 6.12. The summed E-state index contributed by atoms with van der Waals surface area (Å²) in [5.74, 6) is -0.155. The number of benzene rings is 2. The van der Waals surface area contributed by atoms with E-state index in [1.54, 1.807) is 11.3 Å². The van der Waals surface area contributed by atoms with Crippen LogP contribution in [0.5, 0.6) is 5.75 Å². The summed E-state index contributed by atoms with van der Waals surface area (Å²) in [4.78, 5) is 8.77. The predicted octanol–water partition coefficient (Wildman–Crippen LogP) is 4.75. The van der Waals surface area contributed by atoms with Crippen LogP contribution in [-0.4, -0.2) is 17.3 Å². The van der Waals surface area contributed by atoms with Crippen molar-refractivity contribution in [3.05, 3.63) is 76.2 Å². The normalized spacial score (nSPS) is 12.0. The quantitative estimate of drug-likeness (QED) is 0.427. The lowest BCUT2D eigenvalue weighted by atomic mass is 10.1. The molecule has 0 aliphatic rings. The SMILES string of the molecule is NC(=NCc1csc(CCc2ccccc2)n1)Nc1ccc(OC(F)(F)F)cc1. The van der Waals surface area contributed by atoms with Crippen molar-refractivity contribution in [2.45, 2.75) is 25.7 Å². The van der Waals surface area contributed by atoms with E-state index in [4.69, 9.17) is 5.73 Å². The summed E-state index contributed by atoms with van der Waals surface area (Å²) in [6, 6.07) is 15.5. The number of nitrogens with zero attached hydrogens (tertiary/aromatic N) is 2. The molecule has 0 saturated carbocycles. The summed E-state index contributed by atoms with van der Waals surface area (Å²) in [7, 11) is 0. The highest BCUT2D eigenvalue weighted by Crippen LogP contribution is 2.23. The van der Waals surface area contributed by atoms with Gasteiger partial charge in [-0.1, -0.05) is 30.3 Å². The number of anilines is 1. The molecule has 2 aromatic carbocycles. The first-order valence-electron chi connectivity index (χ1n) is 8.77. The van der Waals surface area contributed by atoms with Gasteiger partial charge in [-0.3, -0.25) is 0 Å². The van der Waals surface area contributed by atoms with Crippen LogP contribution < -0.4 is 15.8 Å². The maximum Gasteiger partial charge on any atom is 0.573 e. The molecule has 0 amide bonds. The number of hydrogen-bond donors (Lipinski definition) is 2. The Balaban J connectivity index is 1.49. The lowest BCUT2D eigenvalue weighted by Gasteiger charge is -2.10. The number of hydrogen-bond acceptors (Lipinski definition) is 4. The standard InChI is InChI=1S/C20H19F3N4OS/c21-20(22,23)28-17-9-7-15(8-10-17)27-19(24)25-12-16-13-29-18(26-16)11-6-14-4-2-1-3-5-14/h1-5,7-10,13H,6,11-12H2,(H3,24,25,27). The van der Waals surface area contributed by atoms with Crippen LogP contribution in [0.15, 0.2) is 65.0 Å². The average Bonchev–Trinajstić information content (AvgIpc) is 3.14. The van der Waals surface area contributed by atoms with Crippen LogP contribution in [0, 0.1) is 0 Å². The van der Waals surface area contributed by atoms with E-state index < -0.39 is 6.36 Å². The summed E-state index contributed by atoms with van der Waals surface area (Å²) >= 11 is 1.58. The van der Waals surface area contributed by atoms with Crippen LogP contribution in [0.3, 0.4) is 0 Å². The zero-order valence-electron chi connectivity index (χ0n) is 15.3. The van der Waals surface area contributed by atoms with Gasteiger partial charge in [0, 0.05) is 17.5 Å². The molecule has 3 N–H and O–H groups in total. The van der Waals surface area contributed by atoms with Gasteiger partial charge in [0.1, 0.15) is 5.75 Å². The highest BCUT2D eigenvalue weighted by atomic mass is 32.1. The Morgan fingerprint density at radius 2 is 1.79 bits per heavy atom. The number of rotatable bonds is 7. The van der Waals surface area contributed by atoms with Crippen molar-refractivity contribution >= 4 is 23.0 Å². The van der Waals surface area contributed by atoms with E-state index >= 15 is 0 Å². The number of guanidine groups is 1. The molecule has 1 heterocycles. The number of alkyl halides is 3. The molecule has 0 saturated heterocycles. The number of nitrogens with one attached hydrogen (secondary N) is 1. The molecule has 0 spiro atoms. The number of thiazole rings is 1. The first-order chi connectivity index (χ1) is 13.9. The Bertz CT molecular complexity index is 940. The number of ether oxygens (including phenoxy) is 1. The number of aliphatic imine (C=N–C) groups is 1. The monoisotopic (exact) mass is 420 g/mol. The largest absolute Gasteiger partial charge is 0.573 e. The van der Waals surface area contributed by atoms with Crippen LogP contribution in [0.2, 0.25) is 0 Å². The maximum absolute atomic E-state index is 12.2. The van der Waals surface area contributed by atoms with E-state index in [1.165, 1.54) is 29.8 Å². The second-order valence-corrected chi connectivity index (χ2v) is 7.06. The van der Waals surface area contributed by atoms with Gasteiger partial charge in [-0.25, -0.2) is 9.98 Å². The molecule has 0 fully saturated rings. The van der Waals surface area contributed by atoms with Gasteiger partial charge < -0.3 is 15.8 Å². The van der Waals surface area contributed by atoms with Crippen molar-refractivity contribution in [1.29, 1.82) is 0 Å². The zero-order valence-corrected chi connectivity index (χ0v) is 16.1. The van der Waals surface area contributed by atoms with Gasteiger partial charge in [0.25, 0.3) is 0 Å². The molecule has 9 heteroatoms. The van der Waals surface area contributed by atoms with E-state index in [0.717, 1.165) is 23.5 Å². The van der Waals surface area contributed by atoms with Crippen LogP contribution in [0.4, 0.5) is 18.9 Å². The molecular formula is C20H19F3N4OS. The molecule has 3 aromatic rings. The minimum atomic E-state index is -4.72. The molecule has 0 aliphatic carbocycles. The van der Waals surface area contributed by atoms with Crippen molar-refractivity contribution in [3.8, 4) is 5.75 Å². The van der Waals surface area contributed by atoms with E-state index in [9.17, 15) is 13.2 Å². The van der Waals surface area contributed by atoms with E-state index in [-0.39, 0.29) is 11.7 Å². The molecule has 1 aromatic heterocycles. The smallest absolute Gasteiger partial charge is 0.406 e. The van der Waals surface area contributed by atoms with Crippen LogP contribution in [-0.2, 0) is 19.4 Å². The number of halogens is 3. The fourth-order valence-corrected chi connectivity index (χ4v) is 3.32. The molecule has 152 valence electrons. The number of nitrogens with two attached hydrogens (primary N) is 1. The minimum absolute atomic E-state index is 0.147.